The van der Waals surface area contributed by atoms with Crippen molar-refractivity contribution in [1.29, 1.82) is 5.26 Å². The van der Waals surface area contributed by atoms with Crippen LogP contribution < -0.4 is 14.9 Å². The van der Waals surface area contributed by atoms with Crippen molar-refractivity contribution in [1.82, 2.24) is 5.43 Å². The van der Waals surface area contributed by atoms with E-state index in [2.05, 4.69) is 5.10 Å². The molecule has 5 nitrogen and oxygen atoms in total. The molecule has 0 aromatic heterocycles. The van der Waals surface area contributed by atoms with Gasteiger partial charge in [-0.3, -0.25) is 0 Å². The van der Waals surface area contributed by atoms with Gasteiger partial charge in [0.25, 0.3) is 0 Å². The maximum Gasteiger partial charge on any atom is 0.462 e. The number of alkyl halides is 7. The monoisotopic (exact) mass is 407 g/mol. The Hall–Kier alpha value is -2.42. The van der Waals surface area contributed by atoms with Crippen molar-refractivity contribution < 1.29 is 40.2 Å². The van der Waals surface area contributed by atoms with Gasteiger partial charge in [0.15, 0.2) is 18.1 Å². The Morgan fingerprint density at radius 1 is 1.23 bits per heavy atom. The summed E-state index contributed by atoms with van der Waals surface area (Å²) in [5.74, 6) is -6.46. The van der Waals surface area contributed by atoms with Crippen molar-refractivity contribution in [3.8, 4) is 17.6 Å². The van der Waals surface area contributed by atoms with Gasteiger partial charge in [0, 0.05) is 0 Å². The normalized spacial score (nSPS) is 12.8. The van der Waals surface area contributed by atoms with E-state index < -0.39 is 18.1 Å². The van der Waals surface area contributed by atoms with Gasteiger partial charge in [-0.15, -0.1) is 0 Å². The average Bonchev–Trinajstić information content (AvgIpc) is 2.52. The summed E-state index contributed by atoms with van der Waals surface area (Å²) in [5.41, 5.74) is 0.380. The SMILES string of the molecule is COc1cc(/C=N/NC(F)(F)C(F)(F)C(F)(F)F)cc(Cl)c1OCC#N. The second kappa shape index (κ2) is 7.86. The molecule has 1 aromatic rings. The lowest BCUT2D eigenvalue weighted by Crippen LogP contribution is -2.58. The van der Waals surface area contributed by atoms with Crippen LogP contribution in [-0.4, -0.2) is 38.1 Å². The van der Waals surface area contributed by atoms with E-state index >= 15 is 0 Å². The third-order valence-corrected chi connectivity index (χ3v) is 2.98. The number of nitrogens with one attached hydrogen (secondary N) is 1. The lowest BCUT2D eigenvalue weighted by Gasteiger charge is -2.27. The molecule has 0 heterocycles. The van der Waals surface area contributed by atoms with Crippen molar-refractivity contribution >= 4 is 17.8 Å². The van der Waals surface area contributed by atoms with Crippen molar-refractivity contribution in [2.24, 2.45) is 5.10 Å². The van der Waals surface area contributed by atoms with Crippen LogP contribution in [0.3, 0.4) is 0 Å². The minimum atomic E-state index is -6.48. The van der Waals surface area contributed by atoms with E-state index in [-0.39, 0.29) is 28.7 Å². The number of halogens is 8. The third-order valence-electron chi connectivity index (χ3n) is 2.70. The van der Waals surface area contributed by atoms with Gasteiger partial charge in [-0.25, -0.2) is 5.43 Å². The number of benzene rings is 1. The summed E-state index contributed by atoms with van der Waals surface area (Å²) in [6.07, 6.45) is -5.96. The first kappa shape index (κ1) is 21.6. The molecule has 0 aliphatic carbocycles. The molecule has 0 fully saturated rings. The smallest absolute Gasteiger partial charge is 0.462 e. The molecule has 0 aliphatic heterocycles. The number of rotatable bonds is 7. The fourth-order valence-electron chi connectivity index (χ4n) is 1.49. The van der Waals surface area contributed by atoms with E-state index in [1.54, 1.807) is 6.07 Å². The molecule has 1 N–H and O–H groups in total. The number of nitriles is 1. The van der Waals surface area contributed by atoms with Gasteiger partial charge in [-0.1, -0.05) is 11.6 Å². The molecule has 0 saturated heterocycles. The largest absolute Gasteiger partial charge is 0.493 e. The molecule has 0 aliphatic rings. The van der Waals surface area contributed by atoms with E-state index in [1.807, 2.05) is 0 Å². The van der Waals surface area contributed by atoms with Gasteiger partial charge < -0.3 is 9.47 Å². The minimum absolute atomic E-state index is 0.0541. The van der Waals surface area contributed by atoms with E-state index in [9.17, 15) is 30.7 Å². The van der Waals surface area contributed by atoms with Crippen LogP contribution in [0.15, 0.2) is 17.2 Å². The number of ether oxygens (including phenoxy) is 2. The topological polar surface area (TPSA) is 66.6 Å². The van der Waals surface area contributed by atoms with Crippen molar-refractivity contribution in [3.63, 3.8) is 0 Å². The Bertz CT molecular complexity index is 717. The summed E-state index contributed by atoms with van der Waals surface area (Å²) in [6.45, 7) is -0.385. The average molecular weight is 408 g/mol. The zero-order valence-corrected chi connectivity index (χ0v) is 13.4. The van der Waals surface area contributed by atoms with E-state index in [0.29, 0.717) is 11.6 Å². The molecular weight excluding hydrogens is 399 g/mol. The summed E-state index contributed by atoms with van der Waals surface area (Å²) < 4.78 is 97.3. The van der Waals surface area contributed by atoms with Crippen LogP contribution in [-0.2, 0) is 0 Å². The van der Waals surface area contributed by atoms with Gasteiger partial charge in [0.2, 0.25) is 0 Å². The summed E-state index contributed by atoms with van der Waals surface area (Å²) >= 11 is 5.84. The molecule has 0 atom stereocenters. The molecule has 0 bridgehead atoms. The highest BCUT2D eigenvalue weighted by Gasteiger charge is 2.73. The molecule has 144 valence electrons. The fraction of sp³-hybridized carbons (Fsp3) is 0.385. The molecule has 0 radical (unpaired) electrons. The Morgan fingerprint density at radius 3 is 2.35 bits per heavy atom. The molecular formula is C13H9ClF7N3O2. The highest BCUT2D eigenvalue weighted by atomic mass is 35.5. The second-order valence-corrected chi connectivity index (χ2v) is 4.90. The summed E-state index contributed by atoms with van der Waals surface area (Å²) in [5, 5.41) is 11.0. The van der Waals surface area contributed by atoms with E-state index in [1.165, 1.54) is 7.11 Å². The van der Waals surface area contributed by atoms with Gasteiger partial charge in [0.05, 0.1) is 18.3 Å². The first-order valence-corrected chi connectivity index (χ1v) is 6.75. The predicted molar refractivity (Wildman–Crippen MR) is 75.8 cm³/mol. The fourth-order valence-corrected chi connectivity index (χ4v) is 1.77. The van der Waals surface area contributed by atoms with Crippen molar-refractivity contribution in [2.45, 2.75) is 18.1 Å². The van der Waals surface area contributed by atoms with Crippen LogP contribution >= 0.6 is 11.6 Å². The van der Waals surface area contributed by atoms with Gasteiger partial charge >= 0.3 is 18.1 Å². The van der Waals surface area contributed by atoms with E-state index in [4.69, 9.17) is 26.3 Å². The number of hydrazone groups is 1. The van der Waals surface area contributed by atoms with Crippen LogP contribution in [0, 0.1) is 11.3 Å². The molecule has 26 heavy (non-hydrogen) atoms. The second-order valence-electron chi connectivity index (χ2n) is 4.50. The molecule has 0 unspecified atom stereocenters. The number of hydrogen-bond donors (Lipinski definition) is 1. The van der Waals surface area contributed by atoms with Crippen LogP contribution in [0.25, 0.3) is 0 Å². The number of methoxy groups -OCH3 is 1. The summed E-state index contributed by atoms with van der Waals surface area (Å²) in [7, 11) is 1.18. The van der Waals surface area contributed by atoms with Crippen LogP contribution in [0.5, 0.6) is 11.5 Å². The third kappa shape index (κ3) is 4.60. The maximum atomic E-state index is 13.0. The van der Waals surface area contributed by atoms with Gasteiger partial charge in [-0.05, 0) is 17.7 Å². The van der Waals surface area contributed by atoms with Crippen molar-refractivity contribution in [2.75, 3.05) is 13.7 Å². The standard InChI is InChI=1S/C13H9ClF7N3O2/c1-25-9-5-7(4-8(14)10(9)26-3-2-22)6-23-24-13(20,21)11(15,16)12(17,18)19/h4-6,24H,3H2,1H3/b23-6+. The van der Waals surface area contributed by atoms with Crippen LogP contribution in [0.1, 0.15) is 5.56 Å². The molecule has 0 spiro atoms. The van der Waals surface area contributed by atoms with E-state index in [0.717, 1.165) is 12.1 Å². The Balaban J connectivity index is 3.02. The molecule has 1 rings (SSSR count). The first-order chi connectivity index (χ1) is 11.9. The Labute approximate surface area is 146 Å². The molecule has 0 amide bonds. The van der Waals surface area contributed by atoms with Crippen LogP contribution in [0.4, 0.5) is 30.7 Å². The zero-order chi connectivity index (χ0) is 20.2. The summed E-state index contributed by atoms with van der Waals surface area (Å²) in [4.78, 5) is 0. The highest BCUT2D eigenvalue weighted by molar-refractivity contribution is 6.32. The van der Waals surface area contributed by atoms with Crippen LogP contribution in [0.2, 0.25) is 5.02 Å². The van der Waals surface area contributed by atoms with Crippen molar-refractivity contribution in [3.05, 3.63) is 22.7 Å². The predicted octanol–water partition coefficient (Wildman–Crippen LogP) is 3.96. The molecule has 1 aromatic carbocycles. The number of nitrogens with zero attached hydrogens (tertiary/aromatic N) is 2. The highest BCUT2D eigenvalue weighted by Crippen LogP contribution is 2.45. The Kier molecular flexibility index (Phi) is 6.54. The molecule has 13 heteroatoms. The minimum Gasteiger partial charge on any atom is -0.493 e. The first-order valence-electron chi connectivity index (χ1n) is 6.37. The number of hydrogen-bond acceptors (Lipinski definition) is 5. The summed E-state index contributed by atoms with van der Waals surface area (Å²) in [6, 6.07) is -1.84. The molecule has 0 saturated carbocycles. The van der Waals surface area contributed by atoms with Gasteiger partial charge in [0.1, 0.15) is 6.07 Å². The van der Waals surface area contributed by atoms with Gasteiger partial charge in [-0.2, -0.15) is 41.1 Å². The zero-order valence-electron chi connectivity index (χ0n) is 12.7. The quantitative estimate of drug-likeness (QED) is 0.321. The maximum absolute atomic E-state index is 13.0. The lowest BCUT2D eigenvalue weighted by atomic mass is 10.2. The Morgan fingerprint density at radius 2 is 1.85 bits per heavy atom. The lowest BCUT2D eigenvalue weighted by molar-refractivity contribution is -0.361.